The Bertz CT molecular complexity index is 720. The summed E-state index contributed by atoms with van der Waals surface area (Å²) in [6.45, 7) is 3.06. The van der Waals surface area contributed by atoms with E-state index in [0.717, 1.165) is 17.4 Å². The number of likely N-dealkylation sites (N-methyl/N-ethyl adjacent to an activating group) is 1. The quantitative estimate of drug-likeness (QED) is 0.826. The minimum absolute atomic E-state index is 0.107. The number of nitrogens with zero attached hydrogens (tertiary/aromatic N) is 3. The number of pyridine rings is 1. The smallest absolute Gasteiger partial charge is 0.170 e. The van der Waals surface area contributed by atoms with Crippen molar-refractivity contribution in [3.63, 3.8) is 0 Å². The van der Waals surface area contributed by atoms with Gasteiger partial charge in [0.25, 0.3) is 0 Å². The van der Waals surface area contributed by atoms with Crippen molar-refractivity contribution >= 4 is 17.3 Å². The molecule has 2 atom stereocenters. The number of aromatic nitrogens is 2. The van der Waals surface area contributed by atoms with Gasteiger partial charge >= 0.3 is 0 Å². The Kier molecular flexibility index (Phi) is 4.75. The van der Waals surface area contributed by atoms with Crippen LogP contribution < -0.4 is 5.32 Å². The predicted molar refractivity (Wildman–Crippen MR) is 104 cm³/mol. The Hall–Kier alpha value is -1.88. The number of hydrogen-bond donors (Lipinski definition) is 1. The van der Waals surface area contributed by atoms with Gasteiger partial charge in [-0.25, -0.2) is 0 Å². The molecule has 0 aromatic carbocycles. The van der Waals surface area contributed by atoms with Crippen LogP contribution in [0.25, 0.3) is 0 Å². The summed E-state index contributed by atoms with van der Waals surface area (Å²) in [4.78, 5) is 6.87. The van der Waals surface area contributed by atoms with Crippen molar-refractivity contribution in [2.75, 3.05) is 6.54 Å². The van der Waals surface area contributed by atoms with Crippen molar-refractivity contribution in [3.8, 4) is 0 Å². The summed E-state index contributed by atoms with van der Waals surface area (Å²) in [6, 6.07) is 9.34. The lowest BCUT2D eigenvalue weighted by atomic mass is 9.95. The van der Waals surface area contributed by atoms with Crippen molar-refractivity contribution in [2.45, 2.75) is 57.2 Å². The van der Waals surface area contributed by atoms with Crippen molar-refractivity contribution in [3.05, 3.63) is 54.1 Å². The zero-order valence-electron chi connectivity index (χ0n) is 14.8. The molecule has 1 saturated heterocycles. The molecule has 4 nitrogen and oxygen atoms in total. The second-order valence-corrected chi connectivity index (χ2v) is 7.48. The molecule has 0 amide bonds. The molecule has 1 aliphatic carbocycles. The van der Waals surface area contributed by atoms with Gasteiger partial charge in [0, 0.05) is 31.2 Å². The van der Waals surface area contributed by atoms with Crippen molar-refractivity contribution in [2.24, 2.45) is 0 Å². The minimum atomic E-state index is 0.107. The van der Waals surface area contributed by atoms with Gasteiger partial charge in [-0.05, 0) is 55.7 Å². The van der Waals surface area contributed by atoms with Crippen LogP contribution in [0.4, 0.5) is 0 Å². The average molecular weight is 355 g/mol. The summed E-state index contributed by atoms with van der Waals surface area (Å²) in [6.07, 6.45) is 13.2. The molecule has 0 spiro atoms. The Morgan fingerprint density at radius 1 is 1.20 bits per heavy atom. The molecule has 0 bridgehead atoms. The largest absolute Gasteiger partial charge is 0.352 e. The lowest BCUT2D eigenvalue weighted by Gasteiger charge is -2.26. The van der Waals surface area contributed by atoms with E-state index in [-0.39, 0.29) is 12.1 Å². The maximum atomic E-state index is 5.61. The molecule has 4 rings (SSSR count). The van der Waals surface area contributed by atoms with E-state index in [4.69, 9.17) is 12.2 Å². The number of nitrogens with one attached hydrogen (secondary N) is 1. The van der Waals surface area contributed by atoms with Crippen LogP contribution in [0.5, 0.6) is 0 Å². The maximum absolute atomic E-state index is 5.61. The highest BCUT2D eigenvalue weighted by Crippen LogP contribution is 2.39. The fourth-order valence-corrected chi connectivity index (χ4v) is 4.69. The van der Waals surface area contributed by atoms with Gasteiger partial charge in [0.05, 0.1) is 17.8 Å². The predicted octanol–water partition coefficient (Wildman–Crippen LogP) is 4.38. The number of hydrogen-bond acceptors (Lipinski definition) is 2. The van der Waals surface area contributed by atoms with Gasteiger partial charge in [-0.3, -0.25) is 4.98 Å². The van der Waals surface area contributed by atoms with Crippen molar-refractivity contribution in [1.82, 2.24) is 19.8 Å². The first-order chi connectivity index (χ1) is 12.3. The van der Waals surface area contributed by atoms with Crippen LogP contribution in [0.3, 0.4) is 0 Å². The van der Waals surface area contributed by atoms with Crippen molar-refractivity contribution < 1.29 is 0 Å². The van der Waals surface area contributed by atoms with Gasteiger partial charge in [0.2, 0.25) is 0 Å². The lowest BCUT2D eigenvalue weighted by Crippen LogP contribution is -2.29. The van der Waals surface area contributed by atoms with Gasteiger partial charge in [-0.15, -0.1) is 0 Å². The van der Waals surface area contributed by atoms with E-state index < -0.39 is 0 Å². The second kappa shape index (κ2) is 7.16. The van der Waals surface area contributed by atoms with Gasteiger partial charge < -0.3 is 14.8 Å². The Balaban J connectivity index is 1.65. The molecule has 1 aliphatic heterocycles. The normalized spacial score (nSPS) is 24.5. The van der Waals surface area contributed by atoms with Crippen LogP contribution >= 0.6 is 12.2 Å². The zero-order chi connectivity index (χ0) is 17.2. The van der Waals surface area contributed by atoms with E-state index in [2.05, 4.69) is 51.2 Å². The van der Waals surface area contributed by atoms with Crippen LogP contribution in [0.15, 0.2) is 42.9 Å². The summed E-state index contributed by atoms with van der Waals surface area (Å²) in [5.74, 6) is 0. The highest BCUT2D eigenvalue weighted by Gasteiger charge is 2.39. The fourth-order valence-electron chi connectivity index (χ4n) is 4.32. The summed E-state index contributed by atoms with van der Waals surface area (Å²) >= 11 is 5.61. The molecule has 2 unspecified atom stereocenters. The third-order valence-corrected chi connectivity index (χ3v) is 5.97. The van der Waals surface area contributed by atoms with Crippen LogP contribution in [-0.2, 0) is 0 Å². The fraction of sp³-hybridized carbons (Fsp3) is 0.500. The molecule has 3 heterocycles. The molecular weight excluding hydrogens is 328 g/mol. The third kappa shape index (κ3) is 3.17. The van der Waals surface area contributed by atoms with Crippen LogP contribution in [-0.4, -0.2) is 26.1 Å². The molecule has 2 aromatic heterocycles. The first-order valence-electron chi connectivity index (χ1n) is 9.43. The molecule has 1 N–H and O–H groups in total. The van der Waals surface area contributed by atoms with Crippen molar-refractivity contribution in [1.29, 1.82) is 0 Å². The SMILES string of the molecule is CCN1C(=S)NC(c2ccccn2)C1c1ccn(C2CCCCC2)c1. The molecule has 2 fully saturated rings. The molecule has 2 aromatic rings. The number of rotatable bonds is 4. The summed E-state index contributed by atoms with van der Waals surface area (Å²) < 4.78 is 2.43. The lowest BCUT2D eigenvalue weighted by molar-refractivity contribution is 0.326. The van der Waals surface area contributed by atoms with E-state index in [1.807, 2.05) is 18.3 Å². The number of thiocarbonyl (C=S) groups is 1. The average Bonchev–Trinajstić information content (AvgIpc) is 3.27. The van der Waals surface area contributed by atoms with E-state index in [9.17, 15) is 0 Å². The first-order valence-corrected chi connectivity index (χ1v) is 9.84. The maximum Gasteiger partial charge on any atom is 0.170 e. The summed E-state index contributed by atoms with van der Waals surface area (Å²) in [5, 5.41) is 4.32. The molecule has 0 radical (unpaired) electrons. The van der Waals surface area contributed by atoms with Crippen LogP contribution in [0, 0.1) is 0 Å². The Labute approximate surface area is 155 Å². The van der Waals surface area contributed by atoms with E-state index in [0.29, 0.717) is 6.04 Å². The zero-order valence-corrected chi connectivity index (χ0v) is 15.6. The third-order valence-electron chi connectivity index (χ3n) is 5.61. The monoisotopic (exact) mass is 354 g/mol. The highest BCUT2D eigenvalue weighted by molar-refractivity contribution is 7.80. The first kappa shape index (κ1) is 16.6. The highest BCUT2D eigenvalue weighted by atomic mass is 32.1. The van der Waals surface area contributed by atoms with Gasteiger partial charge in [-0.2, -0.15) is 0 Å². The van der Waals surface area contributed by atoms with Gasteiger partial charge in [-0.1, -0.05) is 25.3 Å². The standard InChI is InChI=1S/C20H26N4S/c1-2-24-19(18(22-20(24)25)17-10-6-7-12-21-17)15-11-13-23(14-15)16-8-4-3-5-9-16/h6-7,10-14,16,18-19H,2-5,8-9H2,1H3,(H,22,25). The molecule has 132 valence electrons. The molecule has 1 saturated carbocycles. The molecule has 2 aliphatic rings. The van der Waals surface area contributed by atoms with E-state index in [1.165, 1.54) is 37.7 Å². The van der Waals surface area contributed by atoms with Gasteiger partial charge in [0.15, 0.2) is 5.11 Å². The van der Waals surface area contributed by atoms with Crippen LogP contribution in [0.1, 0.15) is 68.4 Å². The molecular formula is C20H26N4S. The minimum Gasteiger partial charge on any atom is -0.352 e. The van der Waals surface area contributed by atoms with Crippen LogP contribution in [0.2, 0.25) is 0 Å². The van der Waals surface area contributed by atoms with E-state index >= 15 is 0 Å². The summed E-state index contributed by atoms with van der Waals surface area (Å²) in [5.41, 5.74) is 2.38. The topological polar surface area (TPSA) is 33.1 Å². The molecule has 25 heavy (non-hydrogen) atoms. The second-order valence-electron chi connectivity index (χ2n) is 7.10. The summed E-state index contributed by atoms with van der Waals surface area (Å²) in [7, 11) is 0. The van der Waals surface area contributed by atoms with Gasteiger partial charge in [0.1, 0.15) is 0 Å². The molecule has 5 heteroatoms. The Morgan fingerprint density at radius 3 is 2.76 bits per heavy atom. The van der Waals surface area contributed by atoms with E-state index in [1.54, 1.807) is 0 Å². The Morgan fingerprint density at radius 2 is 2.04 bits per heavy atom.